The highest BCUT2D eigenvalue weighted by Crippen LogP contribution is 2.27. The normalized spacial score (nSPS) is 10.4. The zero-order chi connectivity index (χ0) is 11.5. The van der Waals surface area contributed by atoms with Crippen LogP contribution >= 0.6 is 31.9 Å². The van der Waals surface area contributed by atoms with Crippen LogP contribution in [0.25, 0.3) is 11.4 Å². The average molecular weight is 342 g/mol. The van der Waals surface area contributed by atoms with Crippen LogP contribution in [-0.2, 0) is 6.42 Å². The molecule has 82 valence electrons. The Morgan fingerprint density at radius 3 is 2.31 bits per heavy atom. The molecule has 1 aromatic carbocycles. The first kappa shape index (κ1) is 11.7. The minimum absolute atomic E-state index is 0.755. The van der Waals surface area contributed by atoms with Gasteiger partial charge < -0.3 is 0 Å². The Labute approximate surface area is 111 Å². The van der Waals surface area contributed by atoms with E-state index in [0.29, 0.717) is 0 Å². The SMILES string of the molecule is CCc1cnc(-c2ccc(Br)c(Br)c2)nc1. The molecule has 0 N–H and O–H groups in total. The van der Waals surface area contributed by atoms with Crippen molar-refractivity contribution >= 4 is 31.9 Å². The molecular weight excluding hydrogens is 332 g/mol. The minimum atomic E-state index is 0.755. The summed E-state index contributed by atoms with van der Waals surface area (Å²) < 4.78 is 2.04. The van der Waals surface area contributed by atoms with Crippen LogP contribution in [0.1, 0.15) is 12.5 Å². The van der Waals surface area contributed by atoms with Gasteiger partial charge in [-0.15, -0.1) is 0 Å². The summed E-state index contributed by atoms with van der Waals surface area (Å²) in [5, 5.41) is 0. The van der Waals surface area contributed by atoms with Gasteiger partial charge in [0.15, 0.2) is 5.82 Å². The number of halogens is 2. The van der Waals surface area contributed by atoms with Crippen molar-refractivity contribution in [2.24, 2.45) is 0 Å². The molecule has 0 saturated carbocycles. The van der Waals surface area contributed by atoms with Crippen LogP contribution in [0.15, 0.2) is 39.5 Å². The predicted molar refractivity (Wildman–Crippen MR) is 72.2 cm³/mol. The van der Waals surface area contributed by atoms with E-state index in [0.717, 1.165) is 32.3 Å². The molecular formula is C12H10Br2N2. The monoisotopic (exact) mass is 340 g/mol. The second-order valence-corrected chi connectivity index (χ2v) is 5.11. The van der Waals surface area contributed by atoms with Gasteiger partial charge in [-0.2, -0.15) is 0 Å². The topological polar surface area (TPSA) is 25.8 Å². The predicted octanol–water partition coefficient (Wildman–Crippen LogP) is 4.23. The molecule has 2 rings (SSSR count). The first-order valence-electron chi connectivity index (χ1n) is 4.97. The largest absolute Gasteiger partial charge is 0.236 e. The Kier molecular flexibility index (Phi) is 3.71. The molecule has 0 spiro atoms. The summed E-state index contributed by atoms with van der Waals surface area (Å²) in [5.41, 5.74) is 2.16. The second kappa shape index (κ2) is 5.06. The third kappa shape index (κ3) is 2.50. The highest BCUT2D eigenvalue weighted by Gasteiger charge is 2.03. The standard InChI is InChI=1S/C12H10Br2N2/c1-2-8-6-15-12(16-7-8)9-3-4-10(13)11(14)5-9/h3-7H,2H2,1H3. The molecule has 16 heavy (non-hydrogen) atoms. The van der Waals surface area contributed by atoms with E-state index in [9.17, 15) is 0 Å². The average Bonchev–Trinajstić information content (AvgIpc) is 2.33. The van der Waals surface area contributed by atoms with Gasteiger partial charge in [0, 0.05) is 26.9 Å². The molecule has 0 unspecified atom stereocenters. The van der Waals surface area contributed by atoms with Gasteiger partial charge in [0.1, 0.15) is 0 Å². The van der Waals surface area contributed by atoms with E-state index in [-0.39, 0.29) is 0 Å². The molecule has 0 aliphatic rings. The van der Waals surface area contributed by atoms with Crippen molar-refractivity contribution in [3.8, 4) is 11.4 Å². The number of hydrogen-bond donors (Lipinski definition) is 0. The van der Waals surface area contributed by atoms with Gasteiger partial charge in [0.2, 0.25) is 0 Å². The lowest BCUT2D eigenvalue weighted by molar-refractivity contribution is 1.05. The Balaban J connectivity index is 2.38. The lowest BCUT2D eigenvalue weighted by atomic mass is 10.2. The summed E-state index contributed by atoms with van der Waals surface area (Å²) in [6.07, 6.45) is 4.71. The van der Waals surface area contributed by atoms with Gasteiger partial charge in [-0.05, 0) is 62.0 Å². The Morgan fingerprint density at radius 1 is 1.06 bits per heavy atom. The van der Waals surface area contributed by atoms with E-state index in [2.05, 4.69) is 48.8 Å². The Bertz CT molecular complexity index is 495. The van der Waals surface area contributed by atoms with Crippen molar-refractivity contribution in [2.45, 2.75) is 13.3 Å². The Morgan fingerprint density at radius 2 is 1.75 bits per heavy atom. The molecule has 0 aliphatic carbocycles. The highest BCUT2D eigenvalue weighted by molar-refractivity contribution is 9.13. The number of benzene rings is 1. The number of nitrogens with zero attached hydrogens (tertiary/aromatic N) is 2. The molecule has 0 saturated heterocycles. The summed E-state index contributed by atoms with van der Waals surface area (Å²) in [6, 6.07) is 5.98. The number of rotatable bonds is 2. The van der Waals surface area contributed by atoms with Gasteiger partial charge in [-0.25, -0.2) is 9.97 Å². The van der Waals surface area contributed by atoms with Crippen molar-refractivity contribution in [1.29, 1.82) is 0 Å². The lowest BCUT2D eigenvalue weighted by Gasteiger charge is -2.03. The molecule has 0 amide bonds. The molecule has 2 aromatic rings. The van der Waals surface area contributed by atoms with Crippen LogP contribution in [-0.4, -0.2) is 9.97 Å². The lowest BCUT2D eigenvalue weighted by Crippen LogP contribution is -1.91. The van der Waals surface area contributed by atoms with Gasteiger partial charge >= 0.3 is 0 Å². The molecule has 0 fully saturated rings. The summed E-state index contributed by atoms with van der Waals surface area (Å²) in [7, 11) is 0. The summed E-state index contributed by atoms with van der Waals surface area (Å²) in [5.74, 6) is 0.755. The maximum Gasteiger partial charge on any atom is 0.159 e. The number of aromatic nitrogens is 2. The van der Waals surface area contributed by atoms with Crippen molar-refractivity contribution in [3.05, 3.63) is 45.1 Å². The van der Waals surface area contributed by atoms with Crippen LogP contribution in [0.3, 0.4) is 0 Å². The van der Waals surface area contributed by atoms with Crippen molar-refractivity contribution in [3.63, 3.8) is 0 Å². The zero-order valence-electron chi connectivity index (χ0n) is 8.74. The van der Waals surface area contributed by atoms with Crippen LogP contribution in [0.4, 0.5) is 0 Å². The first-order valence-corrected chi connectivity index (χ1v) is 6.55. The highest BCUT2D eigenvalue weighted by atomic mass is 79.9. The van der Waals surface area contributed by atoms with E-state index in [4.69, 9.17) is 0 Å². The van der Waals surface area contributed by atoms with Gasteiger partial charge in [-0.1, -0.05) is 6.92 Å². The third-order valence-electron chi connectivity index (χ3n) is 2.29. The summed E-state index contributed by atoms with van der Waals surface area (Å²) in [6.45, 7) is 2.09. The second-order valence-electron chi connectivity index (χ2n) is 3.40. The van der Waals surface area contributed by atoms with E-state index in [1.165, 1.54) is 0 Å². The fourth-order valence-electron chi connectivity index (χ4n) is 1.32. The van der Waals surface area contributed by atoms with Crippen molar-refractivity contribution in [1.82, 2.24) is 9.97 Å². The van der Waals surface area contributed by atoms with Crippen molar-refractivity contribution in [2.75, 3.05) is 0 Å². The number of hydrogen-bond acceptors (Lipinski definition) is 2. The van der Waals surface area contributed by atoms with Gasteiger partial charge in [-0.3, -0.25) is 0 Å². The maximum atomic E-state index is 4.34. The molecule has 1 heterocycles. The molecule has 1 aromatic heterocycles. The summed E-state index contributed by atoms with van der Waals surface area (Å²) in [4.78, 5) is 8.69. The van der Waals surface area contributed by atoms with Gasteiger partial charge in [0.05, 0.1) is 0 Å². The van der Waals surface area contributed by atoms with Crippen LogP contribution < -0.4 is 0 Å². The molecule has 2 nitrogen and oxygen atoms in total. The number of aryl methyl sites for hydroxylation is 1. The molecule has 0 atom stereocenters. The third-order valence-corrected chi connectivity index (χ3v) is 4.17. The first-order chi connectivity index (χ1) is 7.70. The smallest absolute Gasteiger partial charge is 0.159 e. The molecule has 4 heteroatoms. The van der Waals surface area contributed by atoms with Gasteiger partial charge in [0.25, 0.3) is 0 Å². The maximum absolute atomic E-state index is 4.34. The van der Waals surface area contributed by atoms with E-state index >= 15 is 0 Å². The fraction of sp³-hybridized carbons (Fsp3) is 0.167. The fourth-order valence-corrected chi connectivity index (χ4v) is 1.95. The molecule has 0 bridgehead atoms. The van der Waals surface area contributed by atoms with Crippen molar-refractivity contribution < 1.29 is 0 Å². The quantitative estimate of drug-likeness (QED) is 0.816. The van der Waals surface area contributed by atoms with E-state index < -0.39 is 0 Å². The minimum Gasteiger partial charge on any atom is -0.236 e. The molecule has 0 radical (unpaired) electrons. The summed E-state index contributed by atoms with van der Waals surface area (Å²) >= 11 is 6.91. The van der Waals surface area contributed by atoms with Crippen LogP contribution in [0.2, 0.25) is 0 Å². The van der Waals surface area contributed by atoms with Crippen LogP contribution in [0.5, 0.6) is 0 Å². The zero-order valence-corrected chi connectivity index (χ0v) is 11.9. The Hall–Kier alpha value is -0.740. The van der Waals surface area contributed by atoms with Crippen LogP contribution in [0, 0.1) is 0 Å². The molecule has 0 aliphatic heterocycles. The van der Waals surface area contributed by atoms with E-state index in [1.807, 2.05) is 30.6 Å². The van der Waals surface area contributed by atoms with E-state index in [1.54, 1.807) is 0 Å².